The van der Waals surface area contributed by atoms with E-state index in [-0.39, 0.29) is 29.7 Å². The number of rotatable bonds is 5. The lowest BCUT2D eigenvalue weighted by Crippen LogP contribution is -2.57. The number of piperidine rings is 2. The molecule has 4 rings (SSSR count). The monoisotopic (exact) mass is 467 g/mol. The van der Waals surface area contributed by atoms with Crippen molar-refractivity contribution in [3.63, 3.8) is 0 Å². The number of carbonyl (C=O) groups excluding carboxylic acids is 3. The first kappa shape index (κ1) is 23.5. The predicted octanol–water partition coefficient (Wildman–Crippen LogP) is 4.11. The van der Waals surface area contributed by atoms with Gasteiger partial charge in [-0.15, -0.1) is 11.3 Å². The number of amides is 3. The molecule has 0 bridgehead atoms. The van der Waals surface area contributed by atoms with Crippen molar-refractivity contribution >= 4 is 29.1 Å². The van der Waals surface area contributed by atoms with Crippen LogP contribution >= 0.6 is 11.3 Å². The third-order valence-electron chi connectivity index (χ3n) is 7.06. The maximum atomic E-state index is 13.6. The van der Waals surface area contributed by atoms with E-state index in [2.05, 4.69) is 12.2 Å². The molecule has 2 unspecified atom stereocenters. The molecule has 2 aromatic rings. The number of nitrogens with zero attached hydrogens (tertiary/aromatic N) is 2. The molecule has 2 aliphatic heterocycles. The lowest BCUT2D eigenvalue weighted by atomic mass is 9.87. The molecule has 0 saturated carbocycles. The fourth-order valence-corrected chi connectivity index (χ4v) is 5.65. The maximum Gasteiger partial charge on any atom is 0.262 e. The summed E-state index contributed by atoms with van der Waals surface area (Å²) in [5, 5.41) is 4.94. The van der Waals surface area contributed by atoms with Gasteiger partial charge in [-0.05, 0) is 74.9 Å². The zero-order valence-corrected chi connectivity index (χ0v) is 20.3. The molecule has 2 fully saturated rings. The van der Waals surface area contributed by atoms with Gasteiger partial charge in [0.25, 0.3) is 11.8 Å². The lowest BCUT2D eigenvalue weighted by Gasteiger charge is -2.40. The second-order valence-electron chi connectivity index (χ2n) is 9.25. The fraction of sp³-hybridized carbons (Fsp3) is 0.500. The highest BCUT2D eigenvalue weighted by Gasteiger charge is 2.38. The number of thiophene rings is 1. The summed E-state index contributed by atoms with van der Waals surface area (Å²) in [4.78, 5) is 44.0. The van der Waals surface area contributed by atoms with Crippen molar-refractivity contribution in [3.8, 4) is 0 Å². The van der Waals surface area contributed by atoms with Crippen molar-refractivity contribution in [2.45, 2.75) is 58.0 Å². The molecule has 2 saturated heterocycles. The minimum Gasteiger partial charge on any atom is -0.339 e. The predicted molar refractivity (Wildman–Crippen MR) is 130 cm³/mol. The Labute approximate surface area is 200 Å². The van der Waals surface area contributed by atoms with Crippen LogP contribution < -0.4 is 5.32 Å². The summed E-state index contributed by atoms with van der Waals surface area (Å²) in [6, 6.07) is 10.9. The van der Waals surface area contributed by atoms with Crippen LogP contribution in [0.1, 0.15) is 64.6 Å². The van der Waals surface area contributed by atoms with Crippen LogP contribution in [0.25, 0.3) is 0 Å². The number of nitrogens with one attached hydrogen (secondary N) is 1. The summed E-state index contributed by atoms with van der Waals surface area (Å²) in [5.74, 6) is -0.111. The number of carbonyl (C=O) groups is 3. The van der Waals surface area contributed by atoms with Gasteiger partial charge >= 0.3 is 0 Å². The van der Waals surface area contributed by atoms with E-state index in [9.17, 15) is 14.4 Å². The first-order valence-corrected chi connectivity index (χ1v) is 12.8. The zero-order chi connectivity index (χ0) is 23.4. The van der Waals surface area contributed by atoms with Gasteiger partial charge in [0.05, 0.1) is 4.88 Å². The van der Waals surface area contributed by atoms with Crippen LogP contribution in [0.4, 0.5) is 0 Å². The van der Waals surface area contributed by atoms with E-state index in [4.69, 9.17) is 0 Å². The number of benzene rings is 1. The molecule has 7 heteroatoms. The number of hydrogen-bond donors (Lipinski definition) is 1. The van der Waals surface area contributed by atoms with Gasteiger partial charge in [-0.25, -0.2) is 0 Å². The van der Waals surface area contributed by atoms with Gasteiger partial charge in [0.1, 0.15) is 6.04 Å². The number of aryl methyl sites for hydroxylation is 1. The molecular weight excluding hydrogens is 434 g/mol. The fourth-order valence-electron chi connectivity index (χ4n) is 5.02. The van der Waals surface area contributed by atoms with Crippen molar-refractivity contribution in [1.82, 2.24) is 15.1 Å². The molecule has 0 aliphatic carbocycles. The Morgan fingerprint density at radius 1 is 1.00 bits per heavy atom. The second-order valence-corrected chi connectivity index (χ2v) is 10.2. The Kier molecular flexibility index (Phi) is 7.48. The lowest BCUT2D eigenvalue weighted by molar-refractivity contribution is -0.138. The summed E-state index contributed by atoms with van der Waals surface area (Å²) in [5.41, 5.74) is 1.71. The summed E-state index contributed by atoms with van der Waals surface area (Å²) in [7, 11) is 0. The Bertz CT molecular complexity index is 982. The van der Waals surface area contributed by atoms with Gasteiger partial charge in [0.2, 0.25) is 5.91 Å². The van der Waals surface area contributed by atoms with E-state index in [1.165, 1.54) is 11.3 Å². The molecule has 3 heterocycles. The summed E-state index contributed by atoms with van der Waals surface area (Å²) < 4.78 is 0. The van der Waals surface area contributed by atoms with Crippen molar-refractivity contribution < 1.29 is 14.4 Å². The molecule has 1 aromatic heterocycles. The van der Waals surface area contributed by atoms with Crippen LogP contribution in [0, 0.1) is 12.8 Å². The minimum atomic E-state index is -0.559. The van der Waals surface area contributed by atoms with Crippen molar-refractivity contribution in [3.05, 3.63) is 57.8 Å². The molecule has 6 nitrogen and oxygen atoms in total. The highest BCUT2D eigenvalue weighted by atomic mass is 32.1. The molecule has 2 atom stereocenters. The minimum absolute atomic E-state index is 0.0106. The van der Waals surface area contributed by atoms with E-state index >= 15 is 0 Å². The summed E-state index contributed by atoms with van der Waals surface area (Å²) in [6.07, 6.45) is 4.53. The van der Waals surface area contributed by atoms with Gasteiger partial charge in [-0.2, -0.15) is 0 Å². The second kappa shape index (κ2) is 10.5. The standard InChI is InChI=1S/C26H33N3O3S/c1-18-8-3-4-10-21(18)25(31)28-15-12-20(13-16-28)23(27-24(30)22-11-7-17-33-22)26(32)29-14-6-5-9-19(29)2/h3-4,7-8,10-11,17,19-20,23H,5-6,9,12-16H2,1-2H3,(H,27,30). The third-order valence-corrected chi connectivity index (χ3v) is 7.93. The molecule has 176 valence electrons. The molecule has 1 aromatic carbocycles. The number of hydrogen-bond acceptors (Lipinski definition) is 4. The smallest absolute Gasteiger partial charge is 0.262 e. The quantitative estimate of drug-likeness (QED) is 0.720. The first-order valence-electron chi connectivity index (χ1n) is 12.0. The highest BCUT2D eigenvalue weighted by molar-refractivity contribution is 7.12. The van der Waals surface area contributed by atoms with Crippen LogP contribution in [0.2, 0.25) is 0 Å². The molecular formula is C26H33N3O3S. The Balaban J connectivity index is 1.47. The molecule has 2 aliphatic rings. The van der Waals surface area contributed by atoms with Gasteiger partial charge in [0.15, 0.2) is 0 Å². The molecule has 0 radical (unpaired) electrons. The van der Waals surface area contributed by atoms with E-state index in [1.807, 2.05) is 52.4 Å². The van der Waals surface area contributed by atoms with Gasteiger partial charge < -0.3 is 15.1 Å². The first-order chi connectivity index (χ1) is 16.0. The van der Waals surface area contributed by atoms with Gasteiger partial charge in [0, 0.05) is 31.2 Å². The zero-order valence-electron chi connectivity index (χ0n) is 19.5. The van der Waals surface area contributed by atoms with E-state index in [0.29, 0.717) is 30.8 Å². The number of likely N-dealkylation sites (tertiary alicyclic amines) is 2. The van der Waals surface area contributed by atoms with E-state index in [0.717, 1.165) is 36.9 Å². The van der Waals surface area contributed by atoms with Crippen molar-refractivity contribution in [2.24, 2.45) is 5.92 Å². The highest BCUT2D eigenvalue weighted by Crippen LogP contribution is 2.27. The largest absolute Gasteiger partial charge is 0.339 e. The van der Waals surface area contributed by atoms with Crippen LogP contribution in [0.15, 0.2) is 41.8 Å². The van der Waals surface area contributed by atoms with Crippen molar-refractivity contribution in [1.29, 1.82) is 0 Å². The van der Waals surface area contributed by atoms with Crippen LogP contribution in [0.5, 0.6) is 0 Å². The summed E-state index contributed by atoms with van der Waals surface area (Å²) in [6.45, 7) is 5.97. The van der Waals surface area contributed by atoms with Crippen LogP contribution in [-0.2, 0) is 4.79 Å². The van der Waals surface area contributed by atoms with Crippen molar-refractivity contribution in [2.75, 3.05) is 19.6 Å². The Morgan fingerprint density at radius 2 is 1.76 bits per heavy atom. The van der Waals surface area contributed by atoms with E-state index < -0.39 is 6.04 Å². The average molecular weight is 468 g/mol. The van der Waals surface area contributed by atoms with E-state index in [1.54, 1.807) is 6.07 Å². The molecule has 3 amide bonds. The third kappa shape index (κ3) is 5.29. The Morgan fingerprint density at radius 3 is 2.42 bits per heavy atom. The maximum absolute atomic E-state index is 13.6. The van der Waals surface area contributed by atoms with Crippen LogP contribution in [0.3, 0.4) is 0 Å². The topological polar surface area (TPSA) is 69.7 Å². The summed E-state index contributed by atoms with van der Waals surface area (Å²) >= 11 is 1.38. The van der Waals surface area contributed by atoms with Gasteiger partial charge in [-0.1, -0.05) is 24.3 Å². The molecule has 1 N–H and O–H groups in total. The van der Waals surface area contributed by atoms with Crippen LogP contribution in [-0.4, -0.2) is 59.2 Å². The normalized spacial score (nSPS) is 20.4. The Hall–Kier alpha value is -2.67. The van der Waals surface area contributed by atoms with Gasteiger partial charge in [-0.3, -0.25) is 14.4 Å². The molecule has 0 spiro atoms. The average Bonchev–Trinajstić information content (AvgIpc) is 3.38. The molecule has 33 heavy (non-hydrogen) atoms. The SMILES string of the molecule is Cc1ccccc1C(=O)N1CCC(C(NC(=O)c2cccs2)C(=O)N2CCCCC2C)CC1.